The van der Waals surface area contributed by atoms with Crippen LogP contribution >= 0.6 is 0 Å². The molecule has 5 nitrogen and oxygen atoms in total. The number of amides is 2. The van der Waals surface area contributed by atoms with Gasteiger partial charge in [0.15, 0.2) is 0 Å². The fourth-order valence-corrected chi connectivity index (χ4v) is 2.15. The lowest BCUT2D eigenvalue weighted by Crippen LogP contribution is -2.46. The Balaban J connectivity index is 2.57. The molecule has 0 radical (unpaired) electrons. The predicted octanol–water partition coefficient (Wildman–Crippen LogP) is 1.72. The number of para-hydroxylation sites is 1. The Labute approximate surface area is 126 Å². The van der Waals surface area contributed by atoms with Crippen molar-refractivity contribution in [3.05, 3.63) is 30.3 Å². The number of carbonyl (C=O) groups is 2. The van der Waals surface area contributed by atoms with Gasteiger partial charge in [-0.25, -0.2) is 0 Å². The van der Waals surface area contributed by atoms with E-state index >= 15 is 0 Å². The molecule has 0 bridgehead atoms. The van der Waals surface area contributed by atoms with E-state index in [1.54, 1.807) is 24.3 Å². The van der Waals surface area contributed by atoms with E-state index < -0.39 is 11.8 Å². The molecular weight excluding hydrogens is 266 g/mol. The molecule has 2 N–H and O–H groups in total. The van der Waals surface area contributed by atoms with Crippen molar-refractivity contribution in [1.82, 2.24) is 10.2 Å². The zero-order chi connectivity index (χ0) is 15.8. The van der Waals surface area contributed by atoms with E-state index in [-0.39, 0.29) is 6.04 Å². The van der Waals surface area contributed by atoms with Crippen LogP contribution in [0.2, 0.25) is 0 Å². The molecule has 1 aromatic carbocycles. The Morgan fingerprint density at radius 1 is 1.10 bits per heavy atom. The third-order valence-corrected chi connectivity index (χ3v) is 2.91. The van der Waals surface area contributed by atoms with E-state index in [0.29, 0.717) is 18.2 Å². The van der Waals surface area contributed by atoms with Gasteiger partial charge in [0, 0.05) is 18.3 Å². The quantitative estimate of drug-likeness (QED) is 0.785. The molecule has 1 rings (SSSR count). The third-order valence-electron chi connectivity index (χ3n) is 2.91. The topological polar surface area (TPSA) is 61.4 Å². The summed E-state index contributed by atoms with van der Waals surface area (Å²) in [7, 11) is 3.90. The highest BCUT2D eigenvalue weighted by atomic mass is 16.2. The van der Waals surface area contributed by atoms with Crippen LogP contribution in [0.4, 0.5) is 5.69 Å². The minimum atomic E-state index is -0.631. The Morgan fingerprint density at radius 2 is 1.71 bits per heavy atom. The van der Waals surface area contributed by atoms with E-state index in [0.717, 1.165) is 6.42 Å². The highest BCUT2D eigenvalue weighted by Crippen LogP contribution is 2.07. The van der Waals surface area contributed by atoms with Gasteiger partial charge in [-0.3, -0.25) is 9.59 Å². The molecule has 21 heavy (non-hydrogen) atoms. The Morgan fingerprint density at radius 3 is 2.24 bits per heavy atom. The maximum atomic E-state index is 12.0. The number of carbonyl (C=O) groups excluding carboxylic acids is 2. The molecule has 0 aromatic heterocycles. The standard InChI is InChI=1S/C16H25N3O2/c1-12(2)10-14(11-19(3)4)18-16(21)15(20)17-13-8-6-5-7-9-13/h5-9,12,14H,10-11H2,1-4H3,(H,17,20)(H,18,21). The van der Waals surface area contributed by atoms with Gasteiger partial charge in [0.1, 0.15) is 0 Å². The monoisotopic (exact) mass is 291 g/mol. The van der Waals surface area contributed by atoms with E-state index in [2.05, 4.69) is 24.5 Å². The average Bonchev–Trinajstić information content (AvgIpc) is 2.38. The molecule has 1 unspecified atom stereocenters. The van der Waals surface area contributed by atoms with Gasteiger partial charge in [-0.05, 0) is 38.6 Å². The summed E-state index contributed by atoms with van der Waals surface area (Å²) in [6, 6.07) is 8.93. The normalized spacial score (nSPS) is 12.3. The summed E-state index contributed by atoms with van der Waals surface area (Å²) in [4.78, 5) is 25.9. The van der Waals surface area contributed by atoms with Crippen molar-refractivity contribution in [2.75, 3.05) is 26.0 Å². The van der Waals surface area contributed by atoms with Crippen molar-refractivity contribution in [1.29, 1.82) is 0 Å². The highest BCUT2D eigenvalue weighted by Gasteiger charge is 2.20. The van der Waals surface area contributed by atoms with Crippen molar-refractivity contribution < 1.29 is 9.59 Å². The summed E-state index contributed by atoms with van der Waals surface area (Å²) in [5.74, 6) is -0.771. The molecule has 116 valence electrons. The fraction of sp³-hybridized carbons (Fsp3) is 0.500. The molecule has 2 amide bonds. The molecule has 0 heterocycles. The molecule has 0 spiro atoms. The number of hydrogen-bond donors (Lipinski definition) is 2. The molecule has 0 saturated carbocycles. The molecule has 0 aliphatic rings. The van der Waals surface area contributed by atoms with Gasteiger partial charge in [-0.1, -0.05) is 32.0 Å². The second-order valence-electron chi connectivity index (χ2n) is 5.88. The van der Waals surface area contributed by atoms with Crippen LogP contribution in [0, 0.1) is 5.92 Å². The minimum Gasteiger partial charge on any atom is -0.344 e. The first kappa shape index (κ1) is 17.2. The first-order valence-electron chi connectivity index (χ1n) is 7.20. The molecule has 0 fully saturated rings. The van der Waals surface area contributed by atoms with Crippen LogP contribution in [0.3, 0.4) is 0 Å². The fourth-order valence-electron chi connectivity index (χ4n) is 2.15. The lowest BCUT2D eigenvalue weighted by atomic mass is 10.0. The summed E-state index contributed by atoms with van der Waals surface area (Å²) in [5.41, 5.74) is 0.616. The Kier molecular flexibility index (Phi) is 6.88. The molecular formula is C16H25N3O2. The lowest BCUT2D eigenvalue weighted by molar-refractivity contribution is -0.136. The molecule has 5 heteroatoms. The lowest BCUT2D eigenvalue weighted by Gasteiger charge is -2.23. The van der Waals surface area contributed by atoms with Crippen LogP contribution in [0.1, 0.15) is 20.3 Å². The van der Waals surface area contributed by atoms with Gasteiger partial charge in [-0.15, -0.1) is 0 Å². The maximum absolute atomic E-state index is 12.0. The van der Waals surface area contributed by atoms with Crippen molar-refractivity contribution >= 4 is 17.5 Å². The first-order valence-corrected chi connectivity index (χ1v) is 7.20. The summed E-state index contributed by atoms with van der Waals surface area (Å²) in [5, 5.41) is 5.40. The maximum Gasteiger partial charge on any atom is 0.313 e. The van der Waals surface area contributed by atoms with Crippen molar-refractivity contribution in [2.24, 2.45) is 5.92 Å². The van der Waals surface area contributed by atoms with Crippen LogP contribution in [0.5, 0.6) is 0 Å². The van der Waals surface area contributed by atoms with Gasteiger partial charge in [-0.2, -0.15) is 0 Å². The van der Waals surface area contributed by atoms with Crippen LogP contribution in [-0.4, -0.2) is 43.4 Å². The van der Waals surface area contributed by atoms with E-state index in [1.165, 1.54) is 0 Å². The van der Waals surface area contributed by atoms with Gasteiger partial charge in [0.25, 0.3) is 0 Å². The molecule has 0 aliphatic heterocycles. The predicted molar refractivity (Wildman–Crippen MR) is 85.0 cm³/mol. The van der Waals surface area contributed by atoms with Crippen LogP contribution in [0.25, 0.3) is 0 Å². The number of benzene rings is 1. The smallest absolute Gasteiger partial charge is 0.313 e. The summed E-state index contributed by atoms with van der Waals surface area (Å²) in [6.07, 6.45) is 0.836. The van der Waals surface area contributed by atoms with Gasteiger partial charge < -0.3 is 15.5 Å². The minimum absolute atomic E-state index is 0.0333. The van der Waals surface area contributed by atoms with Crippen LogP contribution in [-0.2, 0) is 9.59 Å². The summed E-state index contributed by atoms with van der Waals surface area (Å²) >= 11 is 0. The van der Waals surface area contributed by atoms with Gasteiger partial charge in [0.2, 0.25) is 0 Å². The largest absolute Gasteiger partial charge is 0.344 e. The number of nitrogens with zero attached hydrogens (tertiary/aromatic N) is 1. The molecule has 1 aromatic rings. The summed E-state index contributed by atoms with van der Waals surface area (Å²) in [6.45, 7) is 4.90. The molecule has 0 saturated heterocycles. The highest BCUT2D eigenvalue weighted by molar-refractivity contribution is 6.39. The second-order valence-corrected chi connectivity index (χ2v) is 5.88. The summed E-state index contributed by atoms with van der Waals surface area (Å²) < 4.78 is 0. The number of anilines is 1. The SMILES string of the molecule is CC(C)CC(CN(C)C)NC(=O)C(=O)Nc1ccccc1. The zero-order valence-electron chi connectivity index (χ0n) is 13.2. The zero-order valence-corrected chi connectivity index (χ0v) is 13.2. The second kappa shape index (κ2) is 8.42. The van der Waals surface area contributed by atoms with E-state index in [9.17, 15) is 9.59 Å². The third kappa shape index (κ3) is 6.90. The molecule has 1 atom stereocenters. The van der Waals surface area contributed by atoms with Gasteiger partial charge in [0.05, 0.1) is 0 Å². The van der Waals surface area contributed by atoms with E-state index in [1.807, 2.05) is 25.1 Å². The average molecular weight is 291 g/mol. The number of nitrogens with one attached hydrogen (secondary N) is 2. The van der Waals surface area contributed by atoms with Crippen molar-refractivity contribution in [3.8, 4) is 0 Å². The van der Waals surface area contributed by atoms with Crippen molar-refractivity contribution in [3.63, 3.8) is 0 Å². The van der Waals surface area contributed by atoms with Crippen molar-refractivity contribution in [2.45, 2.75) is 26.3 Å². The molecule has 0 aliphatic carbocycles. The number of likely N-dealkylation sites (N-methyl/N-ethyl adjacent to an activating group) is 1. The first-order chi connectivity index (χ1) is 9.88. The van der Waals surface area contributed by atoms with E-state index in [4.69, 9.17) is 0 Å². The Hall–Kier alpha value is -1.88. The van der Waals surface area contributed by atoms with Gasteiger partial charge >= 0.3 is 11.8 Å². The van der Waals surface area contributed by atoms with Crippen LogP contribution < -0.4 is 10.6 Å². The number of hydrogen-bond acceptors (Lipinski definition) is 3. The Bertz CT molecular complexity index is 448. The van der Waals surface area contributed by atoms with Crippen LogP contribution in [0.15, 0.2) is 30.3 Å². The number of rotatable bonds is 6.